The molecular weight excluding hydrogens is 210 g/mol. The number of halogens is 1. The Labute approximate surface area is 84.7 Å². The zero-order valence-electron chi connectivity index (χ0n) is 7.60. The molecule has 1 rings (SSSR count). The fraction of sp³-hybridized carbons (Fsp3) is 0.375. The van der Waals surface area contributed by atoms with Gasteiger partial charge in [-0.15, -0.1) is 12.4 Å². The first-order valence-electron chi connectivity index (χ1n) is 3.59. The molecule has 74 valence electrons. The average molecular weight is 223 g/mol. The lowest BCUT2D eigenvalue weighted by molar-refractivity contribution is -0.671. The van der Waals surface area contributed by atoms with E-state index in [1.54, 1.807) is 12.1 Å². The summed E-state index contributed by atoms with van der Waals surface area (Å²) < 4.78 is 23.6. The molecule has 0 unspecified atom stereocenters. The first-order valence-corrected chi connectivity index (χ1v) is 5.65. The quantitative estimate of drug-likeness (QED) is 0.683. The van der Waals surface area contributed by atoms with Gasteiger partial charge in [0.05, 0.1) is 5.75 Å². The lowest BCUT2D eigenvalue weighted by atomic mass is 10.3. The van der Waals surface area contributed by atoms with E-state index in [4.69, 9.17) is 0 Å². The molecule has 1 aromatic rings. The summed E-state index contributed by atoms with van der Waals surface area (Å²) in [6.45, 7) is 0. The number of aromatic nitrogens is 1. The van der Waals surface area contributed by atoms with Gasteiger partial charge in [-0.1, -0.05) is 0 Å². The van der Waals surface area contributed by atoms with Crippen molar-refractivity contribution in [3.8, 4) is 0 Å². The number of hydrogen-bond donors (Lipinski definition) is 0. The maximum Gasteiger partial charge on any atom is 0.168 e. The Morgan fingerprint density at radius 3 is 2.15 bits per heavy atom. The standard InChI is InChI=1S/C8H12NO2S.ClH/c1-9-5-3-8(4-6-9)7-12(2,10)11;/h3-6H,7H2,1-2H3;1H/q+1;. The number of sulfone groups is 1. The van der Waals surface area contributed by atoms with Crippen LogP contribution in [-0.4, -0.2) is 14.7 Å². The molecule has 5 heteroatoms. The van der Waals surface area contributed by atoms with Gasteiger partial charge in [0.1, 0.15) is 7.05 Å². The third kappa shape index (κ3) is 4.85. The van der Waals surface area contributed by atoms with Gasteiger partial charge in [0.15, 0.2) is 22.2 Å². The molecule has 0 saturated carbocycles. The highest BCUT2D eigenvalue weighted by Crippen LogP contribution is 2.00. The highest BCUT2D eigenvalue weighted by molar-refractivity contribution is 7.89. The molecule has 0 amide bonds. The first kappa shape index (κ1) is 12.4. The zero-order valence-corrected chi connectivity index (χ0v) is 9.23. The fourth-order valence-electron chi connectivity index (χ4n) is 0.931. The Morgan fingerprint density at radius 1 is 1.31 bits per heavy atom. The minimum Gasteiger partial charge on any atom is -0.229 e. The van der Waals surface area contributed by atoms with E-state index in [0.717, 1.165) is 5.56 Å². The SMILES string of the molecule is C[n+]1ccc(CS(C)(=O)=O)cc1.Cl. The van der Waals surface area contributed by atoms with Crippen molar-refractivity contribution in [1.29, 1.82) is 0 Å². The number of nitrogens with zero attached hydrogens (tertiary/aromatic N) is 1. The molecule has 13 heavy (non-hydrogen) atoms. The van der Waals surface area contributed by atoms with Gasteiger partial charge in [-0.3, -0.25) is 0 Å². The van der Waals surface area contributed by atoms with Crippen LogP contribution in [0.1, 0.15) is 5.56 Å². The van der Waals surface area contributed by atoms with Crippen molar-refractivity contribution in [2.75, 3.05) is 6.26 Å². The smallest absolute Gasteiger partial charge is 0.168 e. The number of rotatable bonds is 2. The van der Waals surface area contributed by atoms with Crippen molar-refractivity contribution in [1.82, 2.24) is 0 Å². The Morgan fingerprint density at radius 2 is 1.77 bits per heavy atom. The molecule has 0 atom stereocenters. The molecule has 1 heterocycles. The van der Waals surface area contributed by atoms with Gasteiger partial charge in [-0.2, -0.15) is 0 Å². The van der Waals surface area contributed by atoms with Crippen molar-refractivity contribution in [2.45, 2.75) is 5.75 Å². The van der Waals surface area contributed by atoms with Crippen molar-refractivity contribution in [3.05, 3.63) is 30.1 Å². The van der Waals surface area contributed by atoms with E-state index < -0.39 is 9.84 Å². The normalized spacial score (nSPS) is 10.6. The zero-order chi connectivity index (χ0) is 9.19. The highest BCUT2D eigenvalue weighted by atomic mass is 35.5. The Balaban J connectivity index is 0.00000144. The maximum atomic E-state index is 10.9. The minimum absolute atomic E-state index is 0. The van der Waals surface area contributed by atoms with Gasteiger partial charge < -0.3 is 0 Å². The van der Waals surface area contributed by atoms with Gasteiger partial charge >= 0.3 is 0 Å². The predicted octanol–water partition coefficient (Wildman–Crippen LogP) is 0.477. The van der Waals surface area contributed by atoms with E-state index >= 15 is 0 Å². The molecule has 0 N–H and O–H groups in total. The summed E-state index contributed by atoms with van der Waals surface area (Å²) in [6.07, 6.45) is 4.90. The van der Waals surface area contributed by atoms with Crippen molar-refractivity contribution < 1.29 is 13.0 Å². The molecule has 0 bridgehead atoms. The van der Waals surface area contributed by atoms with Crippen LogP contribution < -0.4 is 4.57 Å². The Hall–Kier alpha value is -0.610. The largest absolute Gasteiger partial charge is 0.229 e. The molecule has 0 aromatic carbocycles. The predicted molar refractivity (Wildman–Crippen MR) is 53.4 cm³/mol. The van der Waals surface area contributed by atoms with Crippen LogP contribution in [0.15, 0.2) is 24.5 Å². The third-order valence-corrected chi connectivity index (χ3v) is 2.33. The first-order chi connectivity index (χ1) is 5.47. The topological polar surface area (TPSA) is 38.0 Å². The van der Waals surface area contributed by atoms with Crippen LogP contribution in [-0.2, 0) is 22.6 Å². The van der Waals surface area contributed by atoms with Crippen LogP contribution in [0.2, 0.25) is 0 Å². The number of pyridine rings is 1. The van der Waals surface area contributed by atoms with E-state index in [1.807, 2.05) is 24.0 Å². The van der Waals surface area contributed by atoms with Gasteiger partial charge in [-0.25, -0.2) is 13.0 Å². The van der Waals surface area contributed by atoms with Crippen LogP contribution in [0.5, 0.6) is 0 Å². The van der Waals surface area contributed by atoms with E-state index in [0.29, 0.717) is 0 Å². The summed E-state index contributed by atoms with van der Waals surface area (Å²) in [6, 6.07) is 3.61. The summed E-state index contributed by atoms with van der Waals surface area (Å²) in [5.74, 6) is 0.119. The average Bonchev–Trinajstić information content (AvgIpc) is 1.91. The fourth-order valence-corrected chi connectivity index (χ4v) is 1.73. The summed E-state index contributed by atoms with van der Waals surface area (Å²) in [4.78, 5) is 0. The van der Waals surface area contributed by atoms with Crippen LogP contribution in [0.25, 0.3) is 0 Å². The van der Waals surface area contributed by atoms with Gasteiger partial charge in [-0.05, 0) is 5.56 Å². The van der Waals surface area contributed by atoms with Crippen LogP contribution in [0.3, 0.4) is 0 Å². The highest BCUT2D eigenvalue weighted by Gasteiger charge is 2.04. The van der Waals surface area contributed by atoms with Crippen molar-refractivity contribution in [3.63, 3.8) is 0 Å². The molecule has 0 aliphatic carbocycles. The molecule has 0 saturated heterocycles. The molecule has 0 radical (unpaired) electrons. The maximum absolute atomic E-state index is 10.9. The molecule has 0 fully saturated rings. The minimum atomic E-state index is -2.90. The second kappa shape index (κ2) is 4.58. The summed E-state index contributed by atoms with van der Waals surface area (Å²) >= 11 is 0. The van der Waals surface area contributed by atoms with E-state index in [9.17, 15) is 8.42 Å². The van der Waals surface area contributed by atoms with E-state index in [2.05, 4.69) is 0 Å². The van der Waals surface area contributed by atoms with Gasteiger partial charge in [0, 0.05) is 18.4 Å². The van der Waals surface area contributed by atoms with Crippen LogP contribution in [0.4, 0.5) is 0 Å². The van der Waals surface area contributed by atoms with Gasteiger partial charge in [0.25, 0.3) is 0 Å². The summed E-state index contributed by atoms with van der Waals surface area (Å²) in [7, 11) is -1.01. The molecule has 3 nitrogen and oxygen atoms in total. The molecular formula is C8H13ClNO2S+. The second-order valence-electron chi connectivity index (χ2n) is 2.94. The molecule has 0 aliphatic rings. The number of aryl methyl sites for hydroxylation is 1. The summed E-state index contributed by atoms with van der Waals surface area (Å²) in [5, 5.41) is 0. The Kier molecular flexibility index (Phi) is 4.36. The van der Waals surface area contributed by atoms with Gasteiger partial charge in [0.2, 0.25) is 0 Å². The number of hydrogen-bond acceptors (Lipinski definition) is 2. The molecule has 0 spiro atoms. The molecule has 0 aliphatic heterocycles. The van der Waals surface area contributed by atoms with Crippen LogP contribution >= 0.6 is 12.4 Å². The van der Waals surface area contributed by atoms with Crippen molar-refractivity contribution in [2.24, 2.45) is 7.05 Å². The monoisotopic (exact) mass is 222 g/mol. The second-order valence-corrected chi connectivity index (χ2v) is 5.08. The third-order valence-electron chi connectivity index (χ3n) is 1.48. The van der Waals surface area contributed by atoms with Crippen LogP contribution in [0, 0.1) is 0 Å². The lowest BCUT2D eigenvalue weighted by Crippen LogP contribution is -2.26. The Bertz CT molecular complexity index is 358. The molecule has 1 aromatic heterocycles. The van der Waals surface area contributed by atoms with E-state index in [-0.39, 0.29) is 18.2 Å². The van der Waals surface area contributed by atoms with Crippen molar-refractivity contribution >= 4 is 22.2 Å². The summed E-state index contributed by atoms with van der Waals surface area (Å²) in [5.41, 5.74) is 0.829. The lowest BCUT2D eigenvalue weighted by Gasteiger charge is -1.96. The van der Waals surface area contributed by atoms with E-state index in [1.165, 1.54) is 6.26 Å².